The molecule has 0 bridgehead atoms. The maximum absolute atomic E-state index is 6.89. The standard InChI is InChI=1S/C2H2BrN5/c3-2(4)8-1-5-6-7-8/h1,4H. The minimum Gasteiger partial charge on any atom is -0.276 e. The van der Waals surface area contributed by atoms with Gasteiger partial charge in [-0.05, 0) is 26.4 Å². The summed E-state index contributed by atoms with van der Waals surface area (Å²) in [6.07, 6.45) is 1.33. The molecule has 0 spiro atoms. The van der Waals surface area contributed by atoms with Crippen LogP contribution in [0.1, 0.15) is 0 Å². The van der Waals surface area contributed by atoms with Crippen LogP contribution in [-0.4, -0.2) is 25.0 Å². The van der Waals surface area contributed by atoms with Crippen LogP contribution in [0.2, 0.25) is 0 Å². The van der Waals surface area contributed by atoms with Gasteiger partial charge in [-0.25, -0.2) is 0 Å². The Kier molecular flexibility index (Phi) is 1.34. The molecule has 0 aliphatic heterocycles. The number of aromatic nitrogens is 4. The Morgan fingerprint density at radius 2 is 2.50 bits per heavy atom. The fourth-order valence-corrected chi connectivity index (χ4v) is 0.414. The van der Waals surface area contributed by atoms with Gasteiger partial charge >= 0.3 is 0 Å². The normalized spacial score (nSPS) is 9.12. The van der Waals surface area contributed by atoms with Gasteiger partial charge in [-0.2, -0.15) is 4.68 Å². The second kappa shape index (κ2) is 1.99. The Morgan fingerprint density at radius 3 is 2.75 bits per heavy atom. The van der Waals surface area contributed by atoms with Gasteiger partial charge in [0.2, 0.25) is 0 Å². The molecule has 42 valence electrons. The molecule has 1 aromatic rings. The smallest absolute Gasteiger partial charge is 0.193 e. The maximum atomic E-state index is 6.89. The molecule has 0 saturated heterocycles. The molecule has 1 aromatic heterocycles. The Labute approximate surface area is 53.3 Å². The van der Waals surface area contributed by atoms with Crippen LogP contribution in [0, 0.1) is 5.41 Å². The maximum Gasteiger partial charge on any atom is 0.193 e. The third-order valence-corrected chi connectivity index (χ3v) is 0.914. The Hall–Kier alpha value is -0.780. The van der Waals surface area contributed by atoms with Crippen molar-refractivity contribution < 1.29 is 0 Å². The molecule has 1 rings (SSSR count). The van der Waals surface area contributed by atoms with Crippen molar-refractivity contribution in [2.45, 2.75) is 0 Å². The lowest BCUT2D eigenvalue weighted by molar-refractivity contribution is 0.824. The molecule has 0 fully saturated rings. The fourth-order valence-electron chi connectivity index (χ4n) is 0.251. The predicted molar refractivity (Wildman–Crippen MR) is 29.9 cm³/mol. The number of hydrogen-bond acceptors (Lipinski definition) is 4. The van der Waals surface area contributed by atoms with Crippen molar-refractivity contribution in [2.75, 3.05) is 0 Å². The summed E-state index contributed by atoms with van der Waals surface area (Å²) in [6, 6.07) is 0. The molecule has 8 heavy (non-hydrogen) atoms. The lowest BCUT2D eigenvalue weighted by atomic mass is 11.2. The van der Waals surface area contributed by atoms with E-state index in [4.69, 9.17) is 5.41 Å². The molecule has 0 radical (unpaired) electrons. The zero-order chi connectivity index (χ0) is 5.98. The van der Waals surface area contributed by atoms with Gasteiger partial charge < -0.3 is 0 Å². The van der Waals surface area contributed by atoms with Crippen molar-refractivity contribution in [1.82, 2.24) is 20.2 Å². The first-order valence-corrected chi connectivity index (χ1v) is 2.57. The molecule has 6 heteroatoms. The van der Waals surface area contributed by atoms with E-state index in [2.05, 4.69) is 31.5 Å². The zero-order valence-corrected chi connectivity index (χ0v) is 5.33. The summed E-state index contributed by atoms with van der Waals surface area (Å²) in [5, 5.41) is 16.9. The SMILES string of the molecule is N=C(Br)n1cnnn1. The molecule has 0 saturated carbocycles. The van der Waals surface area contributed by atoms with E-state index in [1.165, 1.54) is 11.0 Å². The molecule has 5 nitrogen and oxygen atoms in total. The molecular formula is C2H2BrN5. The Morgan fingerprint density at radius 1 is 1.75 bits per heavy atom. The number of rotatable bonds is 0. The third-order valence-electron chi connectivity index (χ3n) is 0.550. The first-order valence-electron chi connectivity index (χ1n) is 1.78. The highest BCUT2D eigenvalue weighted by molar-refractivity contribution is 9.18. The summed E-state index contributed by atoms with van der Waals surface area (Å²) in [6.45, 7) is 0. The molecule has 0 aromatic carbocycles. The summed E-state index contributed by atoms with van der Waals surface area (Å²) in [5.41, 5.74) is 0. The second-order valence-corrected chi connectivity index (χ2v) is 1.80. The molecule has 0 aliphatic rings. The highest BCUT2D eigenvalue weighted by Gasteiger charge is 1.91. The fraction of sp³-hybridized carbons (Fsp3) is 0. The average Bonchev–Trinajstić information content (AvgIpc) is 2.12. The molecule has 0 atom stereocenters. The number of nitrogens with one attached hydrogen (secondary N) is 1. The van der Waals surface area contributed by atoms with Crippen LogP contribution in [-0.2, 0) is 0 Å². The van der Waals surface area contributed by atoms with E-state index in [9.17, 15) is 0 Å². The van der Waals surface area contributed by atoms with E-state index in [0.29, 0.717) is 0 Å². The van der Waals surface area contributed by atoms with E-state index in [1.54, 1.807) is 0 Å². The first-order chi connectivity index (χ1) is 3.80. The molecule has 0 amide bonds. The van der Waals surface area contributed by atoms with Gasteiger partial charge in [-0.3, -0.25) is 5.41 Å². The number of tetrazole rings is 1. The summed E-state index contributed by atoms with van der Waals surface area (Å²) in [7, 11) is 0. The van der Waals surface area contributed by atoms with Crippen molar-refractivity contribution >= 4 is 20.7 Å². The Bertz CT molecular complexity index is 178. The summed E-state index contributed by atoms with van der Waals surface area (Å²) in [5.74, 6) is 0. The Balaban J connectivity index is 2.93. The van der Waals surface area contributed by atoms with Crippen LogP contribution in [0.3, 0.4) is 0 Å². The number of hydrogen-bond donors (Lipinski definition) is 1. The summed E-state index contributed by atoms with van der Waals surface area (Å²) >= 11 is 2.87. The number of halogens is 1. The highest BCUT2D eigenvalue weighted by atomic mass is 79.9. The molecule has 0 unspecified atom stereocenters. The van der Waals surface area contributed by atoms with Gasteiger partial charge in [0.1, 0.15) is 6.33 Å². The van der Waals surface area contributed by atoms with Gasteiger partial charge in [-0.15, -0.1) is 5.10 Å². The highest BCUT2D eigenvalue weighted by Crippen LogP contribution is 1.84. The van der Waals surface area contributed by atoms with E-state index >= 15 is 0 Å². The monoisotopic (exact) mass is 175 g/mol. The van der Waals surface area contributed by atoms with E-state index in [1.807, 2.05) is 0 Å². The quantitative estimate of drug-likeness (QED) is 0.441. The van der Waals surface area contributed by atoms with Crippen LogP contribution < -0.4 is 0 Å². The van der Waals surface area contributed by atoms with Gasteiger partial charge in [0, 0.05) is 0 Å². The predicted octanol–water partition coefficient (Wildman–Crippen LogP) is -0.149. The molecular weight excluding hydrogens is 174 g/mol. The van der Waals surface area contributed by atoms with Gasteiger partial charge in [0.05, 0.1) is 0 Å². The third kappa shape index (κ3) is 0.890. The van der Waals surface area contributed by atoms with Gasteiger partial charge in [0.15, 0.2) is 4.74 Å². The lowest BCUT2D eigenvalue weighted by Crippen LogP contribution is -2.02. The van der Waals surface area contributed by atoms with Crippen LogP contribution in [0.15, 0.2) is 6.33 Å². The van der Waals surface area contributed by atoms with Crippen molar-refractivity contribution in [3.05, 3.63) is 6.33 Å². The number of nitrogens with zero attached hydrogens (tertiary/aromatic N) is 4. The summed E-state index contributed by atoms with van der Waals surface area (Å²) in [4.78, 5) is 0. The summed E-state index contributed by atoms with van der Waals surface area (Å²) < 4.78 is 1.32. The molecule has 1 N–H and O–H groups in total. The molecule has 0 aliphatic carbocycles. The van der Waals surface area contributed by atoms with Crippen molar-refractivity contribution in [2.24, 2.45) is 0 Å². The van der Waals surface area contributed by atoms with Crippen molar-refractivity contribution in [1.29, 1.82) is 5.41 Å². The zero-order valence-electron chi connectivity index (χ0n) is 3.74. The largest absolute Gasteiger partial charge is 0.276 e. The molecule has 1 heterocycles. The van der Waals surface area contributed by atoms with Crippen LogP contribution in [0.5, 0.6) is 0 Å². The van der Waals surface area contributed by atoms with Gasteiger partial charge in [-0.1, -0.05) is 0 Å². The van der Waals surface area contributed by atoms with Crippen molar-refractivity contribution in [3.8, 4) is 0 Å². The minimum atomic E-state index is 0.127. The second-order valence-electron chi connectivity index (χ2n) is 1.05. The first kappa shape index (κ1) is 5.36. The topological polar surface area (TPSA) is 67.5 Å². The average molecular weight is 176 g/mol. The van der Waals surface area contributed by atoms with Crippen molar-refractivity contribution in [3.63, 3.8) is 0 Å². The van der Waals surface area contributed by atoms with Crippen LogP contribution in [0.25, 0.3) is 0 Å². The van der Waals surface area contributed by atoms with E-state index in [0.717, 1.165) is 0 Å². The van der Waals surface area contributed by atoms with Crippen LogP contribution >= 0.6 is 15.9 Å². The lowest BCUT2D eigenvalue weighted by Gasteiger charge is -1.84. The van der Waals surface area contributed by atoms with Gasteiger partial charge in [0.25, 0.3) is 0 Å². The minimum absolute atomic E-state index is 0.127. The van der Waals surface area contributed by atoms with Crippen LogP contribution in [0.4, 0.5) is 0 Å². The van der Waals surface area contributed by atoms with E-state index in [-0.39, 0.29) is 4.74 Å². The van der Waals surface area contributed by atoms with E-state index < -0.39 is 0 Å².